The van der Waals surface area contributed by atoms with E-state index in [1.807, 2.05) is 0 Å². The largest absolute Gasteiger partial charge is 0.465 e. The first kappa shape index (κ1) is 23.3. The molecule has 0 aliphatic rings. The van der Waals surface area contributed by atoms with Gasteiger partial charge in [0.05, 0.1) is 28.8 Å². The Morgan fingerprint density at radius 3 is 2.30 bits per heavy atom. The smallest absolute Gasteiger partial charge is 0.339 e. The van der Waals surface area contributed by atoms with Crippen molar-refractivity contribution in [3.63, 3.8) is 0 Å². The fourth-order valence-corrected chi connectivity index (χ4v) is 3.83. The molecule has 30 heavy (non-hydrogen) atoms. The van der Waals surface area contributed by atoms with E-state index in [4.69, 9.17) is 9.47 Å². The predicted octanol–water partition coefficient (Wildman–Crippen LogP) is 2.10. The van der Waals surface area contributed by atoms with E-state index < -0.39 is 33.8 Å². The molecule has 1 aromatic heterocycles. The summed E-state index contributed by atoms with van der Waals surface area (Å²) in [6.45, 7) is 4.62. The van der Waals surface area contributed by atoms with Gasteiger partial charge in [0.2, 0.25) is 15.8 Å². The molecule has 0 saturated heterocycles. The molecule has 2 aromatic rings. The molecule has 10 heteroatoms. The summed E-state index contributed by atoms with van der Waals surface area (Å²) in [6, 6.07) is 5.36. The number of aromatic amines is 1. The van der Waals surface area contributed by atoms with Crippen LogP contribution in [0.15, 0.2) is 29.2 Å². The van der Waals surface area contributed by atoms with Gasteiger partial charge in [-0.1, -0.05) is 6.07 Å². The standard InChI is InChI=1S/C20H24N2O7S/c1-11-16(20(25)28-6)12(2)21-17(11)18(23)13(3)29-19(24)14-8-7-9-15(10-14)30(26,27)22(4)5/h7-10,13,21H,1-6H3. The van der Waals surface area contributed by atoms with Crippen molar-refractivity contribution in [1.82, 2.24) is 9.29 Å². The van der Waals surface area contributed by atoms with E-state index in [0.29, 0.717) is 11.3 Å². The predicted molar refractivity (Wildman–Crippen MR) is 108 cm³/mol. The summed E-state index contributed by atoms with van der Waals surface area (Å²) in [4.78, 5) is 39.9. The quantitative estimate of drug-likeness (QED) is 0.521. The SMILES string of the molecule is COC(=O)c1c(C)[nH]c(C(=O)C(C)OC(=O)c2cccc(S(=O)(=O)N(C)C)c2)c1C. The molecule has 1 N–H and O–H groups in total. The Kier molecular flexibility index (Phi) is 6.84. The maximum atomic E-state index is 12.8. The summed E-state index contributed by atoms with van der Waals surface area (Å²) in [5.74, 6) is -1.96. The van der Waals surface area contributed by atoms with Crippen LogP contribution in [-0.2, 0) is 19.5 Å². The van der Waals surface area contributed by atoms with Crippen LogP contribution < -0.4 is 0 Å². The minimum Gasteiger partial charge on any atom is -0.465 e. The lowest BCUT2D eigenvalue weighted by Crippen LogP contribution is -2.26. The van der Waals surface area contributed by atoms with E-state index >= 15 is 0 Å². The maximum Gasteiger partial charge on any atom is 0.339 e. The van der Waals surface area contributed by atoms with Gasteiger partial charge in [0.25, 0.3) is 0 Å². The highest BCUT2D eigenvalue weighted by Gasteiger charge is 2.28. The van der Waals surface area contributed by atoms with E-state index in [-0.39, 0.29) is 21.7 Å². The summed E-state index contributed by atoms with van der Waals surface area (Å²) in [6.07, 6.45) is -1.17. The molecular weight excluding hydrogens is 412 g/mol. The number of hydrogen-bond acceptors (Lipinski definition) is 7. The summed E-state index contributed by atoms with van der Waals surface area (Å²) in [5.41, 5.74) is 1.24. The molecule has 162 valence electrons. The van der Waals surface area contributed by atoms with Crippen LogP contribution in [0.3, 0.4) is 0 Å². The number of rotatable bonds is 7. The van der Waals surface area contributed by atoms with Crippen molar-refractivity contribution in [3.05, 3.63) is 52.3 Å². The molecule has 0 fully saturated rings. The van der Waals surface area contributed by atoms with Crippen LogP contribution in [0.4, 0.5) is 0 Å². The van der Waals surface area contributed by atoms with Crippen molar-refractivity contribution in [2.75, 3.05) is 21.2 Å². The Morgan fingerprint density at radius 1 is 1.10 bits per heavy atom. The van der Waals surface area contributed by atoms with Gasteiger partial charge in [-0.05, 0) is 44.5 Å². The number of sulfonamides is 1. The number of benzene rings is 1. The molecule has 1 atom stereocenters. The van der Waals surface area contributed by atoms with Gasteiger partial charge >= 0.3 is 11.9 Å². The maximum absolute atomic E-state index is 12.8. The summed E-state index contributed by atoms with van der Waals surface area (Å²) < 4.78 is 35.5. The number of aromatic nitrogens is 1. The van der Waals surface area contributed by atoms with Crippen molar-refractivity contribution in [1.29, 1.82) is 0 Å². The van der Waals surface area contributed by atoms with Crippen LogP contribution in [-0.4, -0.2) is 62.7 Å². The number of nitrogens with zero attached hydrogens (tertiary/aromatic N) is 1. The van der Waals surface area contributed by atoms with E-state index in [2.05, 4.69) is 4.98 Å². The fourth-order valence-electron chi connectivity index (χ4n) is 2.88. The average molecular weight is 436 g/mol. The zero-order chi connectivity index (χ0) is 22.8. The second-order valence-electron chi connectivity index (χ2n) is 6.84. The zero-order valence-electron chi connectivity index (χ0n) is 17.6. The third kappa shape index (κ3) is 4.44. The van der Waals surface area contributed by atoms with Crippen molar-refractivity contribution in [2.24, 2.45) is 0 Å². The molecule has 1 unspecified atom stereocenters. The number of hydrogen-bond donors (Lipinski definition) is 1. The third-order valence-corrected chi connectivity index (χ3v) is 6.39. The molecule has 0 radical (unpaired) electrons. The topological polar surface area (TPSA) is 123 Å². The van der Waals surface area contributed by atoms with Crippen LogP contribution in [0, 0.1) is 13.8 Å². The summed E-state index contributed by atoms with van der Waals surface area (Å²) in [7, 11) is 0.270. The number of Topliss-reactive ketones (excluding diaryl/α,β-unsaturated/α-hetero) is 1. The molecule has 1 aromatic carbocycles. The Balaban J connectivity index is 2.25. The minimum absolute atomic E-state index is 0.00721. The number of carbonyl (C=O) groups excluding carboxylic acids is 3. The summed E-state index contributed by atoms with van der Waals surface area (Å²) in [5, 5.41) is 0. The minimum atomic E-state index is -3.73. The normalized spacial score (nSPS) is 12.5. The molecule has 0 amide bonds. The van der Waals surface area contributed by atoms with Gasteiger partial charge in [-0.25, -0.2) is 22.3 Å². The number of nitrogens with one attached hydrogen (secondary N) is 1. The Hall–Kier alpha value is -2.98. The molecule has 0 bridgehead atoms. The average Bonchev–Trinajstić information content (AvgIpc) is 3.00. The third-order valence-electron chi connectivity index (χ3n) is 4.57. The monoisotopic (exact) mass is 436 g/mol. The van der Waals surface area contributed by atoms with Crippen LogP contribution in [0.1, 0.15) is 49.4 Å². The lowest BCUT2D eigenvalue weighted by atomic mass is 10.1. The van der Waals surface area contributed by atoms with Gasteiger partial charge in [0, 0.05) is 19.8 Å². The van der Waals surface area contributed by atoms with Crippen molar-refractivity contribution in [2.45, 2.75) is 31.8 Å². The van der Waals surface area contributed by atoms with Crippen molar-refractivity contribution < 1.29 is 32.3 Å². The van der Waals surface area contributed by atoms with E-state index in [0.717, 1.165) is 4.31 Å². The number of methoxy groups -OCH3 is 1. The molecule has 0 saturated carbocycles. The van der Waals surface area contributed by atoms with Crippen LogP contribution in [0.25, 0.3) is 0 Å². The highest BCUT2D eigenvalue weighted by molar-refractivity contribution is 7.89. The Bertz CT molecular complexity index is 1100. The molecule has 0 spiro atoms. The second-order valence-corrected chi connectivity index (χ2v) is 9.00. The number of H-pyrrole nitrogens is 1. The van der Waals surface area contributed by atoms with Crippen LogP contribution >= 0.6 is 0 Å². The number of esters is 2. The van der Waals surface area contributed by atoms with Crippen LogP contribution in [0.2, 0.25) is 0 Å². The second kappa shape index (κ2) is 8.80. The Morgan fingerprint density at radius 2 is 1.73 bits per heavy atom. The lowest BCUT2D eigenvalue weighted by Gasteiger charge is -2.14. The number of ether oxygens (including phenoxy) is 2. The highest BCUT2D eigenvalue weighted by Crippen LogP contribution is 2.21. The van der Waals surface area contributed by atoms with Gasteiger partial charge < -0.3 is 14.5 Å². The van der Waals surface area contributed by atoms with Crippen LogP contribution in [0.5, 0.6) is 0 Å². The molecule has 9 nitrogen and oxygen atoms in total. The first-order valence-corrected chi connectivity index (χ1v) is 10.4. The van der Waals surface area contributed by atoms with E-state index in [9.17, 15) is 22.8 Å². The van der Waals surface area contributed by atoms with Gasteiger partial charge in [-0.15, -0.1) is 0 Å². The Labute approximate surface area is 175 Å². The van der Waals surface area contributed by atoms with Gasteiger partial charge in [0.15, 0.2) is 6.10 Å². The lowest BCUT2D eigenvalue weighted by molar-refractivity contribution is 0.0316. The van der Waals surface area contributed by atoms with Crippen molar-refractivity contribution >= 4 is 27.7 Å². The van der Waals surface area contributed by atoms with Gasteiger partial charge in [-0.2, -0.15) is 0 Å². The first-order chi connectivity index (χ1) is 13.9. The number of ketones is 1. The summed E-state index contributed by atoms with van der Waals surface area (Å²) >= 11 is 0. The molecule has 0 aliphatic carbocycles. The van der Waals surface area contributed by atoms with Crippen molar-refractivity contribution in [3.8, 4) is 0 Å². The highest BCUT2D eigenvalue weighted by atomic mass is 32.2. The molecule has 0 aliphatic heterocycles. The fraction of sp³-hybridized carbons (Fsp3) is 0.350. The molecule has 1 heterocycles. The number of aryl methyl sites for hydroxylation is 1. The number of carbonyl (C=O) groups is 3. The first-order valence-electron chi connectivity index (χ1n) is 8.97. The molecule has 2 rings (SSSR count). The molecular formula is C20H24N2O7S. The zero-order valence-corrected chi connectivity index (χ0v) is 18.4. The van der Waals surface area contributed by atoms with Gasteiger partial charge in [0.1, 0.15) is 0 Å². The van der Waals surface area contributed by atoms with Gasteiger partial charge in [-0.3, -0.25) is 4.79 Å². The van der Waals surface area contributed by atoms with E-state index in [1.54, 1.807) is 13.8 Å². The van der Waals surface area contributed by atoms with E-state index in [1.165, 1.54) is 52.4 Å².